The normalized spacial score (nSPS) is 12.6. The van der Waals surface area contributed by atoms with Crippen LogP contribution in [0, 0.1) is 0 Å². The van der Waals surface area contributed by atoms with Crippen LogP contribution in [0.15, 0.2) is 152 Å². The molecule has 216 valence electrons. The summed E-state index contributed by atoms with van der Waals surface area (Å²) in [7, 11) is 0. The van der Waals surface area contributed by atoms with Crippen molar-refractivity contribution >= 4 is 43.6 Å². The van der Waals surface area contributed by atoms with E-state index in [4.69, 9.17) is 4.98 Å². The highest BCUT2D eigenvalue weighted by atomic mass is 15.1. The lowest BCUT2D eigenvalue weighted by Gasteiger charge is -2.15. The first-order valence-corrected chi connectivity index (χ1v) is 16.0. The van der Waals surface area contributed by atoms with Crippen LogP contribution in [0.5, 0.6) is 0 Å². The zero-order valence-corrected chi connectivity index (χ0v) is 25.2. The first kappa shape index (κ1) is 25.4. The molecule has 0 spiro atoms. The number of fused-ring (bicyclic) bond motifs is 4. The molecule has 0 atom stereocenters. The average Bonchev–Trinajstić information content (AvgIpc) is 3.66. The second kappa shape index (κ2) is 9.79. The van der Waals surface area contributed by atoms with Crippen LogP contribution in [0.25, 0.3) is 77.5 Å². The predicted octanol–water partition coefficient (Wildman–Crippen LogP) is 10.7. The third-order valence-electron chi connectivity index (χ3n) is 9.77. The van der Waals surface area contributed by atoms with E-state index in [1.54, 1.807) is 0 Å². The molecule has 3 nitrogen and oxygen atoms in total. The zero-order chi connectivity index (χ0) is 30.2. The van der Waals surface area contributed by atoms with Gasteiger partial charge in [-0.15, -0.1) is 0 Å². The minimum atomic E-state index is 0.925. The van der Waals surface area contributed by atoms with E-state index in [-0.39, 0.29) is 0 Å². The fraction of sp³-hybridized carbons (Fsp3) is 0.0465. The molecule has 0 fully saturated rings. The van der Waals surface area contributed by atoms with E-state index in [1.807, 2.05) is 0 Å². The smallest absolute Gasteiger partial charge is 0.138 e. The molecule has 1 aliphatic rings. The number of hydrogen-bond donors (Lipinski definition) is 0. The van der Waals surface area contributed by atoms with Gasteiger partial charge in [-0.1, -0.05) is 109 Å². The van der Waals surface area contributed by atoms with Crippen molar-refractivity contribution in [2.24, 2.45) is 0 Å². The summed E-state index contributed by atoms with van der Waals surface area (Å²) < 4.78 is 4.93. The van der Waals surface area contributed by atoms with E-state index in [1.165, 1.54) is 71.6 Å². The van der Waals surface area contributed by atoms with Crippen LogP contribution in [0.2, 0.25) is 0 Å². The van der Waals surface area contributed by atoms with Gasteiger partial charge in [-0.2, -0.15) is 0 Å². The number of pyridine rings is 1. The van der Waals surface area contributed by atoms with Gasteiger partial charge in [0.05, 0.1) is 27.8 Å². The quantitative estimate of drug-likeness (QED) is 0.201. The topological polar surface area (TPSA) is 22.8 Å². The van der Waals surface area contributed by atoms with Crippen LogP contribution in [-0.2, 0) is 12.8 Å². The number of para-hydroxylation sites is 1. The fourth-order valence-corrected chi connectivity index (χ4v) is 7.79. The van der Waals surface area contributed by atoms with Crippen LogP contribution in [-0.4, -0.2) is 14.1 Å². The van der Waals surface area contributed by atoms with Crippen LogP contribution in [0.1, 0.15) is 11.1 Å². The van der Waals surface area contributed by atoms with Crippen molar-refractivity contribution < 1.29 is 0 Å². The molecule has 0 amide bonds. The van der Waals surface area contributed by atoms with Gasteiger partial charge in [-0.3, -0.25) is 4.57 Å². The first-order chi connectivity index (χ1) is 22.8. The Bertz CT molecular complexity index is 2620. The number of rotatable bonds is 4. The lowest BCUT2D eigenvalue weighted by Crippen LogP contribution is -2.02. The first-order valence-electron chi connectivity index (χ1n) is 16.0. The van der Waals surface area contributed by atoms with Gasteiger partial charge >= 0.3 is 0 Å². The highest BCUT2D eigenvalue weighted by molar-refractivity contribution is 6.25. The van der Waals surface area contributed by atoms with Gasteiger partial charge in [-0.05, 0) is 77.6 Å². The summed E-state index contributed by atoms with van der Waals surface area (Å²) in [5.74, 6) is 0.925. The monoisotopic (exact) mass is 587 g/mol. The van der Waals surface area contributed by atoms with Gasteiger partial charge in [0.15, 0.2) is 0 Å². The number of hydrogen-bond acceptors (Lipinski definition) is 1. The van der Waals surface area contributed by atoms with E-state index in [9.17, 15) is 0 Å². The van der Waals surface area contributed by atoms with Gasteiger partial charge in [0.1, 0.15) is 5.82 Å². The highest BCUT2D eigenvalue weighted by Crippen LogP contribution is 2.46. The van der Waals surface area contributed by atoms with Crippen molar-refractivity contribution in [3.63, 3.8) is 0 Å². The Labute approximate surface area is 266 Å². The number of aromatic nitrogens is 3. The van der Waals surface area contributed by atoms with Crippen molar-refractivity contribution in [1.29, 1.82) is 0 Å². The molecule has 0 saturated heterocycles. The molecular formula is C43H29N3. The van der Waals surface area contributed by atoms with E-state index in [2.05, 4.69) is 161 Å². The van der Waals surface area contributed by atoms with Gasteiger partial charge in [0.2, 0.25) is 0 Å². The number of benzene rings is 6. The summed E-state index contributed by atoms with van der Waals surface area (Å²) in [5, 5.41) is 5.28. The predicted molar refractivity (Wildman–Crippen MR) is 191 cm³/mol. The second-order valence-corrected chi connectivity index (χ2v) is 12.3. The molecule has 3 aromatic heterocycles. The number of nitrogens with zero attached hydrogens (tertiary/aromatic N) is 3. The molecular weight excluding hydrogens is 558 g/mol. The lowest BCUT2D eigenvalue weighted by atomic mass is 9.90. The number of aryl methyl sites for hydroxylation is 2. The fourth-order valence-electron chi connectivity index (χ4n) is 7.79. The maximum absolute atomic E-state index is 5.31. The standard InChI is InChI=1S/C43H29N3/c1-3-12-28(13-4-1)31-17-9-18-33(26-31)45-38-22-10-16-30-24-25-32-27-35-34-19-7-8-21-37(34)46(42(35)43(45)41(32)40(30)38)39-23-11-20-36(44-39)29-14-5-2-6-15-29/h1-23,26-27H,24-25H2. The van der Waals surface area contributed by atoms with Gasteiger partial charge < -0.3 is 4.57 Å². The van der Waals surface area contributed by atoms with Gasteiger partial charge in [0, 0.05) is 32.8 Å². The Hall–Kier alpha value is -5.93. The molecule has 0 N–H and O–H groups in total. The van der Waals surface area contributed by atoms with Crippen molar-refractivity contribution in [2.45, 2.75) is 12.8 Å². The molecule has 46 heavy (non-hydrogen) atoms. The molecule has 3 heteroatoms. The van der Waals surface area contributed by atoms with Crippen molar-refractivity contribution in [2.75, 3.05) is 0 Å². The average molecular weight is 588 g/mol. The third kappa shape index (κ3) is 3.63. The molecule has 3 heterocycles. The molecule has 9 aromatic rings. The summed E-state index contributed by atoms with van der Waals surface area (Å²) in [4.78, 5) is 5.31. The van der Waals surface area contributed by atoms with E-state index < -0.39 is 0 Å². The molecule has 0 unspecified atom stereocenters. The Balaban J connectivity index is 1.38. The summed E-state index contributed by atoms with van der Waals surface area (Å²) in [5.41, 5.74) is 13.4. The van der Waals surface area contributed by atoms with Gasteiger partial charge in [-0.25, -0.2) is 4.98 Å². The highest BCUT2D eigenvalue weighted by Gasteiger charge is 2.27. The van der Waals surface area contributed by atoms with Crippen LogP contribution < -0.4 is 0 Å². The molecule has 0 bridgehead atoms. The molecule has 1 aliphatic carbocycles. The Morgan fingerprint density at radius 3 is 2.00 bits per heavy atom. The van der Waals surface area contributed by atoms with Crippen LogP contribution in [0.3, 0.4) is 0 Å². The maximum Gasteiger partial charge on any atom is 0.138 e. The largest absolute Gasteiger partial charge is 0.307 e. The van der Waals surface area contributed by atoms with Crippen molar-refractivity contribution in [3.05, 3.63) is 163 Å². The SMILES string of the molecule is c1ccc(-c2cccc(-n3c4cccc5c4c4c(cc6c7ccccc7n(-c7cccc(-c8ccccc8)n7)c6c43)CC5)c2)cc1. The van der Waals surface area contributed by atoms with Gasteiger partial charge in [0.25, 0.3) is 0 Å². The lowest BCUT2D eigenvalue weighted by molar-refractivity contribution is 0.971. The van der Waals surface area contributed by atoms with Crippen LogP contribution >= 0.6 is 0 Å². The Kier molecular flexibility index (Phi) is 5.40. The summed E-state index contributed by atoms with van der Waals surface area (Å²) in [6.45, 7) is 0. The zero-order valence-electron chi connectivity index (χ0n) is 25.2. The minimum absolute atomic E-state index is 0.925. The molecule has 0 radical (unpaired) electrons. The van der Waals surface area contributed by atoms with E-state index in [0.717, 1.165) is 29.9 Å². The minimum Gasteiger partial charge on any atom is -0.307 e. The third-order valence-corrected chi connectivity index (χ3v) is 9.77. The van der Waals surface area contributed by atoms with Crippen molar-refractivity contribution in [3.8, 4) is 33.9 Å². The van der Waals surface area contributed by atoms with E-state index >= 15 is 0 Å². The molecule has 6 aromatic carbocycles. The van der Waals surface area contributed by atoms with Crippen molar-refractivity contribution in [1.82, 2.24) is 14.1 Å². The maximum atomic E-state index is 5.31. The molecule has 10 rings (SSSR count). The second-order valence-electron chi connectivity index (χ2n) is 12.3. The summed E-state index contributed by atoms with van der Waals surface area (Å²) in [6, 6.07) is 54.7. The molecule has 0 aliphatic heterocycles. The Morgan fingerprint density at radius 2 is 1.13 bits per heavy atom. The van der Waals surface area contributed by atoms with E-state index in [0.29, 0.717) is 0 Å². The summed E-state index contributed by atoms with van der Waals surface area (Å²) in [6.07, 6.45) is 2.09. The Morgan fingerprint density at radius 1 is 0.435 bits per heavy atom. The van der Waals surface area contributed by atoms with Crippen LogP contribution in [0.4, 0.5) is 0 Å². The summed E-state index contributed by atoms with van der Waals surface area (Å²) >= 11 is 0. The molecule has 0 saturated carbocycles.